The molecule has 1 atom stereocenters. The molecule has 1 aromatic rings. The summed E-state index contributed by atoms with van der Waals surface area (Å²) in [5.74, 6) is -0.160. The third kappa shape index (κ3) is 3.94. The Bertz CT molecular complexity index is 713. The van der Waals surface area contributed by atoms with Gasteiger partial charge in [-0.1, -0.05) is 0 Å². The number of fused-ring (bicyclic) bond motifs is 1. The molecule has 1 unspecified atom stereocenters. The molecule has 0 bridgehead atoms. The zero-order valence-electron chi connectivity index (χ0n) is 13.6. The maximum atomic E-state index is 12.2. The van der Waals surface area contributed by atoms with E-state index in [1.54, 1.807) is 6.07 Å². The topological polar surface area (TPSA) is 93.1 Å². The normalized spacial score (nSPS) is 19.8. The van der Waals surface area contributed by atoms with Crippen LogP contribution in [0.1, 0.15) is 31.9 Å². The monoisotopic (exact) mass is 343 g/mol. The first-order valence-electron chi connectivity index (χ1n) is 7.09. The second-order valence-corrected chi connectivity index (χ2v) is 8.12. The first-order chi connectivity index (χ1) is 10.5. The molecule has 8 heteroatoms. The van der Waals surface area contributed by atoms with Crippen LogP contribution in [0.2, 0.25) is 0 Å². The Morgan fingerprint density at radius 1 is 1.48 bits per heavy atom. The van der Waals surface area contributed by atoms with E-state index in [2.05, 4.69) is 4.74 Å². The van der Waals surface area contributed by atoms with Crippen LogP contribution >= 0.6 is 0 Å². The lowest BCUT2D eigenvalue weighted by Crippen LogP contribution is -2.45. The van der Waals surface area contributed by atoms with Crippen molar-refractivity contribution < 1.29 is 27.8 Å². The fourth-order valence-electron chi connectivity index (χ4n) is 2.71. The molecule has 0 saturated heterocycles. The predicted octanol–water partition coefficient (Wildman–Crippen LogP) is 1.43. The Morgan fingerprint density at radius 3 is 2.70 bits per heavy atom. The van der Waals surface area contributed by atoms with E-state index in [9.17, 15) is 18.3 Å². The average molecular weight is 343 g/mol. The fraction of sp³-hybridized carbons (Fsp3) is 0.533. The maximum absolute atomic E-state index is 12.2. The molecule has 0 fully saturated rings. The van der Waals surface area contributed by atoms with E-state index in [-0.39, 0.29) is 5.75 Å². The van der Waals surface area contributed by atoms with Crippen molar-refractivity contribution in [3.05, 3.63) is 23.8 Å². The highest BCUT2D eigenvalue weighted by Crippen LogP contribution is 2.44. The van der Waals surface area contributed by atoms with Gasteiger partial charge >= 0.3 is 5.97 Å². The number of phenolic OH excluding ortho intramolecular Hbond substituents is 1. The number of esters is 1. The smallest absolute Gasteiger partial charge is 0.321 e. The predicted molar refractivity (Wildman–Crippen MR) is 83.7 cm³/mol. The van der Waals surface area contributed by atoms with Gasteiger partial charge < -0.3 is 14.6 Å². The summed E-state index contributed by atoms with van der Waals surface area (Å²) in [4.78, 5) is 11.6. The molecule has 1 aliphatic heterocycles. The number of hydrogen-bond donors (Lipinski definition) is 1. The van der Waals surface area contributed by atoms with Gasteiger partial charge in [-0.05, 0) is 32.0 Å². The third-order valence-electron chi connectivity index (χ3n) is 3.71. The summed E-state index contributed by atoms with van der Waals surface area (Å²) in [5.41, 5.74) is -0.0908. The number of rotatable bonds is 4. The number of ether oxygens (including phenoxy) is 2. The van der Waals surface area contributed by atoms with E-state index in [1.807, 2.05) is 13.8 Å². The van der Waals surface area contributed by atoms with E-state index in [0.717, 1.165) is 10.6 Å². The highest BCUT2D eigenvalue weighted by atomic mass is 32.2. The van der Waals surface area contributed by atoms with Crippen LogP contribution in [0.15, 0.2) is 18.2 Å². The third-order valence-corrected chi connectivity index (χ3v) is 4.95. The minimum Gasteiger partial charge on any atom is -0.508 e. The summed E-state index contributed by atoms with van der Waals surface area (Å²) < 4.78 is 35.9. The van der Waals surface area contributed by atoms with E-state index in [0.29, 0.717) is 17.7 Å². The molecule has 0 spiro atoms. The van der Waals surface area contributed by atoms with E-state index in [1.165, 1.54) is 19.2 Å². The number of sulfonamides is 1. The second kappa shape index (κ2) is 6.01. The molecule has 7 nitrogen and oxygen atoms in total. The van der Waals surface area contributed by atoms with Gasteiger partial charge in [0.15, 0.2) is 0 Å². The van der Waals surface area contributed by atoms with Crippen molar-refractivity contribution in [3.63, 3.8) is 0 Å². The van der Waals surface area contributed by atoms with Gasteiger partial charge in [0.1, 0.15) is 23.6 Å². The van der Waals surface area contributed by atoms with E-state index < -0.39 is 34.2 Å². The zero-order valence-corrected chi connectivity index (χ0v) is 14.4. The molecule has 0 aromatic heterocycles. The summed E-state index contributed by atoms with van der Waals surface area (Å²) in [6.07, 6.45) is 1.38. The molecule has 0 radical (unpaired) electrons. The molecule has 23 heavy (non-hydrogen) atoms. The number of methoxy groups -OCH3 is 1. The Hall–Kier alpha value is -1.80. The van der Waals surface area contributed by atoms with Gasteiger partial charge in [0.2, 0.25) is 10.0 Å². The SMILES string of the molecule is COC(=O)CN(C1CC(C)(C)Oc2ccc(O)cc21)S(C)(=O)=O. The van der Waals surface area contributed by atoms with Gasteiger partial charge in [0, 0.05) is 12.0 Å². The summed E-state index contributed by atoms with van der Waals surface area (Å²) >= 11 is 0. The summed E-state index contributed by atoms with van der Waals surface area (Å²) in [6.45, 7) is 3.29. The summed E-state index contributed by atoms with van der Waals surface area (Å²) in [7, 11) is -2.48. The molecule has 1 N–H and O–H groups in total. The molecule has 2 rings (SSSR count). The first-order valence-corrected chi connectivity index (χ1v) is 8.94. The number of hydrogen-bond acceptors (Lipinski definition) is 6. The second-order valence-electron chi connectivity index (χ2n) is 6.19. The van der Waals surface area contributed by atoms with Crippen LogP contribution in [0, 0.1) is 0 Å². The van der Waals surface area contributed by atoms with Crippen molar-refractivity contribution >= 4 is 16.0 Å². The number of phenols is 1. The van der Waals surface area contributed by atoms with Crippen LogP contribution in [0.3, 0.4) is 0 Å². The number of carbonyl (C=O) groups excluding carboxylic acids is 1. The fourth-order valence-corrected chi connectivity index (χ4v) is 3.70. The minimum atomic E-state index is -3.68. The van der Waals surface area contributed by atoms with Crippen LogP contribution in [-0.2, 0) is 19.6 Å². The van der Waals surface area contributed by atoms with Crippen LogP contribution in [0.4, 0.5) is 0 Å². The van der Waals surface area contributed by atoms with Gasteiger partial charge in [-0.25, -0.2) is 8.42 Å². The first kappa shape index (κ1) is 17.6. The molecular formula is C15H21NO6S. The molecule has 0 amide bonds. The van der Waals surface area contributed by atoms with Crippen LogP contribution in [-0.4, -0.2) is 49.3 Å². The molecule has 1 heterocycles. The molecule has 1 aromatic carbocycles. The van der Waals surface area contributed by atoms with E-state index >= 15 is 0 Å². The van der Waals surface area contributed by atoms with Crippen LogP contribution in [0.5, 0.6) is 11.5 Å². The molecular weight excluding hydrogens is 322 g/mol. The van der Waals surface area contributed by atoms with Crippen molar-refractivity contribution in [2.45, 2.75) is 31.9 Å². The Labute approximate surface area is 135 Å². The minimum absolute atomic E-state index is 0.00331. The van der Waals surface area contributed by atoms with Gasteiger partial charge in [0.25, 0.3) is 0 Å². The average Bonchev–Trinajstić information content (AvgIpc) is 2.42. The quantitative estimate of drug-likeness (QED) is 0.831. The number of nitrogens with zero attached hydrogens (tertiary/aromatic N) is 1. The van der Waals surface area contributed by atoms with Crippen molar-refractivity contribution in [2.24, 2.45) is 0 Å². The van der Waals surface area contributed by atoms with Crippen molar-refractivity contribution in [3.8, 4) is 11.5 Å². The highest BCUT2D eigenvalue weighted by molar-refractivity contribution is 7.88. The number of aromatic hydroxyl groups is 1. The lowest BCUT2D eigenvalue weighted by atomic mass is 9.89. The van der Waals surface area contributed by atoms with Crippen molar-refractivity contribution in [2.75, 3.05) is 19.9 Å². The molecule has 0 aliphatic carbocycles. The Morgan fingerprint density at radius 2 is 2.13 bits per heavy atom. The summed E-state index contributed by atoms with van der Waals surface area (Å²) in [5, 5.41) is 9.73. The lowest BCUT2D eigenvalue weighted by molar-refractivity contribution is -0.141. The van der Waals surface area contributed by atoms with E-state index in [4.69, 9.17) is 4.74 Å². The zero-order chi connectivity index (χ0) is 17.4. The van der Waals surface area contributed by atoms with Crippen molar-refractivity contribution in [1.29, 1.82) is 0 Å². The summed E-state index contributed by atoms with van der Waals surface area (Å²) in [6, 6.07) is 3.90. The number of carbonyl (C=O) groups is 1. The maximum Gasteiger partial charge on any atom is 0.321 e. The van der Waals surface area contributed by atoms with Gasteiger partial charge in [-0.15, -0.1) is 0 Å². The highest BCUT2D eigenvalue weighted by Gasteiger charge is 2.41. The Kier molecular flexibility index (Phi) is 4.59. The van der Waals surface area contributed by atoms with Crippen LogP contribution in [0.25, 0.3) is 0 Å². The number of benzene rings is 1. The molecule has 0 saturated carbocycles. The van der Waals surface area contributed by atoms with Gasteiger partial charge in [-0.2, -0.15) is 4.31 Å². The van der Waals surface area contributed by atoms with Crippen LogP contribution < -0.4 is 4.74 Å². The van der Waals surface area contributed by atoms with Crippen molar-refractivity contribution in [1.82, 2.24) is 4.31 Å². The Balaban J connectivity index is 2.54. The molecule has 128 valence electrons. The van der Waals surface area contributed by atoms with Gasteiger partial charge in [0.05, 0.1) is 19.4 Å². The largest absolute Gasteiger partial charge is 0.508 e. The standard InChI is InChI=1S/C15H21NO6S/c1-15(2)8-12(11-7-10(17)5-6-13(11)22-15)16(23(4,19)20)9-14(18)21-3/h5-7,12,17H,8-9H2,1-4H3. The van der Waals surface area contributed by atoms with Gasteiger partial charge in [-0.3, -0.25) is 4.79 Å². The lowest BCUT2D eigenvalue weighted by Gasteiger charge is -2.41. The molecule has 1 aliphatic rings.